The van der Waals surface area contributed by atoms with Gasteiger partial charge in [-0.1, -0.05) is 19.3 Å². The van der Waals surface area contributed by atoms with Gasteiger partial charge in [0.2, 0.25) is 0 Å². The number of aromatic nitrogens is 1. The van der Waals surface area contributed by atoms with E-state index in [1.807, 2.05) is 7.05 Å². The van der Waals surface area contributed by atoms with E-state index in [0.29, 0.717) is 6.61 Å². The van der Waals surface area contributed by atoms with Gasteiger partial charge in [-0.05, 0) is 26.8 Å². The Morgan fingerprint density at radius 3 is 2.65 bits per heavy atom. The van der Waals surface area contributed by atoms with Gasteiger partial charge in [-0.2, -0.15) is 0 Å². The highest BCUT2D eigenvalue weighted by molar-refractivity contribution is 7.11. The van der Waals surface area contributed by atoms with Crippen LogP contribution in [0.3, 0.4) is 0 Å². The van der Waals surface area contributed by atoms with Gasteiger partial charge in [0, 0.05) is 25.1 Å². The van der Waals surface area contributed by atoms with Crippen LogP contribution in [0.5, 0.6) is 0 Å². The second-order valence-electron chi connectivity index (χ2n) is 5.34. The first-order valence-corrected chi connectivity index (χ1v) is 8.34. The third-order valence-corrected chi connectivity index (χ3v) is 5.15. The lowest BCUT2D eigenvalue weighted by atomic mass is 9.85. The Balaban J connectivity index is 2.30. The average molecular weight is 298 g/mol. The third kappa shape index (κ3) is 3.39. The third-order valence-electron chi connectivity index (χ3n) is 3.87. The molecule has 0 atom stereocenters. The molecule has 1 aromatic heterocycles. The van der Waals surface area contributed by atoms with Crippen molar-refractivity contribution in [2.24, 2.45) is 0 Å². The number of methoxy groups -OCH3 is 1. The lowest BCUT2D eigenvalue weighted by Crippen LogP contribution is -2.32. The highest BCUT2D eigenvalue weighted by atomic mass is 32.1. The molecule has 0 bridgehead atoms. The monoisotopic (exact) mass is 298 g/mol. The van der Waals surface area contributed by atoms with E-state index in [9.17, 15) is 0 Å². The quantitative estimate of drug-likeness (QED) is 0.839. The van der Waals surface area contributed by atoms with Gasteiger partial charge in [0.15, 0.2) is 0 Å². The molecule has 1 aliphatic carbocycles. The minimum Gasteiger partial charge on any atom is -0.378 e. The van der Waals surface area contributed by atoms with Gasteiger partial charge < -0.3 is 14.8 Å². The molecule has 1 saturated carbocycles. The molecule has 0 spiro atoms. The molecule has 1 N–H and O–H groups in total. The van der Waals surface area contributed by atoms with Gasteiger partial charge in [0.1, 0.15) is 10.6 Å². The van der Waals surface area contributed by atoms with E-state index in [2.05, 4.69) is 12.2 Å². The molecule has 0 aromatic carbocycles. The molecule has 1 fully saturated rings. The topological polar surface area (TPSA) is 43.4 Å². The van der Waals surface area contributed by atoms with Crippen molar-refractivity contribution in [3.05, 3.63) is 15.6 Å². The lowest BCUT2D eigenvalue weighted by molar-refractivity contribution is -0.0706. The standard InChI is InChI=1S/C15H26N2O2S/c1-4-19-15(8-6-5-7-9-15)14-17-12(11-18-3)13(20-14)10-16-2/h16H,4-11H2,1-3H3. The normalized spacial score (nSPS) is 18.4. The fourth-order valence-electron chi connectivity index (χ4n) is 2.95. The van der Waals surface area contributed by atoms with Crippen LogP contribution >= 0.6 is 11.3 Å². The number of nitrogens with zero attached hydrogens (tertiary/aromatic N) is 1. The zero-order valence-electron chi connectivity index (χ0n) is 12.8. The van der Waals surface area contributed by atoms with E-state index >= 15 is 0 Å². The van der Waals surface area contributed by atoms with Crippen LogP contribution in [0.1, 0.15) is 54.6 Å². The van der Waals surface area contributed by atoms with Gasteiger partial charge >= 0.3 is 0 Å². The average Bonchev–Trinajstić information content (AvgIpc) is 2.85. The van der Waals surface area contributed by atoms with E-state index in [0.717, 1.165) is 36.7 Å². The lowest BCUT2D eigenvalue weighted by Gasteiger charge is -2.35. The van der Waals surface area contributed by atoms with Crippen molar-refractivity contribution >= 4 is 11.3 Å². The van der Waals surface area contributed by atoms with Crippen molar-refractivity contribution in [2.75, 3.05) is 20.8 Å². The summed E-state index contributed by atoms with van der Waals surface area (Å²) in [5.41, 5.74) is 0.915. The SMILES string of the molecule is CCOC1(c2nc(COC)c(CNC)s2)CCCCC1. The van der Waals surface area contributed by atoms with Crippen LogP contribution < -0.4 is 5.32 Å². The van der Waals surface area contributed by atoms with Crippen LogP contribution in [-0.4, -0.2) is 25.7 Å². The molecule has 4 nitrogen and oxygen atoms in total. The summed E-state index contributed by atoms with van der Waals surface area (Å²) in [5.74, 6) is 0. The second-order valence-corrected chi connectivity index (χ2v) is 6.42. The molecule has 114 valence electrons. The molecule has 0 saturated heterocycles. The van der Waals surface area contributed by atoms with Crippen LogP contribution in [0.4, 0.5) is 0 Å². The maximum Gasteiger partial charge on any atom is 0.125 e. The van der Waals surface area contributed by atoms with E-state index in [4.69, 9.17) is 14.5 Å². The Morgan fingerprint density at radius 2 is 2.05 bits per heavy atom. The number of ether oxygens (including phenoxy) is 2. The summed E-state index contributed by atoms with van der Waals surface area (Å²) >= 11 is 1.79. The molecule has 5 heteroatoms. The summed E-state index contributed by atoms with van der Waals surface area (Å²) in [7, 11) is 3.69. The maximum atomic E-state index is 6.17. The Bertz CT molecular complexity index is 385. The van der Waals surface area contributed by atoms with Crippen LogP contribution in [0.25, 0.3) is 0 Å². The minimum atomic E-state index is -0.147. The van der Waals surface area contributed by atoms with Crippen molar-refractivity contribution in [3.8, 4) is 0 Å². The van der Waals surface area contributed by atoms with E-state index in [1.54, 1.807) is 18.4 Å². The molecule has 1 aromatic rings. The van der Waals surface area contributed by atoms with Crippen LogP contribution in [0.2, 0.25) is 0 Å². The Labute approximate surface area is 125 Å². The van der Waals surface area contributed by atoms with Gasteiger partial charge in [-0.25, -0.2) is 4.98 Å². The van der Waals surface area contributed by atoms with Gasteiger partial charge in [-0.3, -0.25) is 0 Å². The zero-order valence-corrected chi connectivity index (χ0v) is 13.6. The molecule has 0 amide bonds. The number of hydrogen-bond acceptors (Lipinski definition) is 5. The van der Waals surface area contributed by atoms with Crippen molar-refractivity contribution in [1.29, 1.82) is 0 Å². The predicted molar refractivity (Wildman–Crippen MR) is 82.0 cm³/mol. The molecule has 0 unspecified atom stereocenters. The second kappa shape index (κ2) is 7.50. The molecule has 20 heavy (non-hydrogen) atoms. The Morgan fingerprint density at radius 1 is 1.30 bits per heavy atom. The minimum absolute atomic E-state index is 0.147. The maximum absolute atomic E-state index is 6.17. The predicted octanol–water partition coefficient (Wildman–Crippen LogP) is 3.20. The van der Waals surface area contributed by atoms with E-state index in [1.165, 1.54) is 24.1 Å². The van der Waals surface area contributed by atoms with Crippen molar-refractivity contribution in [3.63, 3.8) is 0 Å². The summed E-state index contributed by atoms with van der Waals surface area (Å²) in [4.78, 5) is 6.13. The molecule has 2 rings (SSSR count). The summed E-state index contributed by atoms with van der Waals surface area (Å²) < 4.78 is 11.5. The Hall–Kier alpha value is -0.490. The molecular weight excluding hydrogens is 272 g/mol. The highest BCUT2D eigenvalue weighted by Gasteiger charge is 2.38. The van der Waals surface area contributed by atoms with Gasteiger partial charge in [0.05, 0.1) is 12.3 Å². The summed E-state index contributed by atoms with van der Waals surface area (Å²) in [6.45, 7) is 4.25. The number of nitrogens with one attached hydrogen (secondary N) is 1. The smallest absolute Gasteiger partial charge is 0.125 e. The van der Waals surface area contributed by atoms with Crippen LogP contribution in [0.15, 0.2) is 0 Å². The number of thiazole rings is 1. The first-order valence-electron chi connectivity index (χ1n) is 7.52. The summed E-state index contributed by atoms with van der Waals surface area (Å²) in [6, 6.07) is 0. The largest absolute Gasteiger partial charge is 0.378 e. The van der Waals surface area contributed by atoms with Crippen LogP contribution in [-0.2, 0) is 28.2 Å². The Kier molecular flexibility index (Phi) is 5.96. The molecule has 0 radical (unpaired) electrons. The number of hydrogen-bond donors (Lipinski definition) is 1. The molecule has 1 aliphatic rings. The van der Waals surface area contributed by atoms with Crippen molar-refractivity contribution in [1.82, 2.24) is 10.3 Å². The fraction of sp³-hybridized carbons (Fsp3) is 0.800. The summed E-state index contributed by atoms with van der Waals surface area (Å²) in [5, 5.41) is 4.37. The first-order chi connectivity index (χ1) is 9.75. The number of rotatable bonds is 7. The summed E-state index contributed by atoms with van der Waals surface area (Å²) in [6.07, 6.45) is 5.98. The van der Waals surface area contributed by atoms with Gasteiger partial charge in [-0.15, -0.1) is 11.3 Å². The van der Waals surface area contributed by atoms with Crippen LogP contribution in [0, 0.1) is 0 Å². The molecule has 1 heterocycles. The molecule has 0 aliphatic heterocycles. The molecular formula is C15H26N2O2S. The van der Waals surface area contributed by atoms with Gasteiger partial charge in [0.25, 0.3) is 0 Å². The van der Waals surface area contributed by atoms with Crippen molar-refractivity contribution < 1.29 is 9.47 Å². The zero-order chi connectivity index (χ0) is 14.4. The van der Waals surface area contributed by atoms with E-state index < -0.39 is 0 Å². The highest BCUT2D eigenvalue weighted by Crippen LogP contribution is 2.42. The first kappa shape index (κ1) is 15.9. The van der Waals surface area contributed by atoms with E-state index in [-0.39, 0.29) is 5.60 Å². The fourth-order valence-corrected chi connectivity index (χ4v) is 4.22. The van der Waals surface area contributed by atoms with Crippen molar-refractivity contribution in [2.45, 2.75) is 57.8 Å².